The molecule has 2 amide bonds. The van der Waals surface area contributed by atoms with E-state index < -0.39 is 0 Å². The molecule has 1 aliphatic heterocycles. The summed E-state index contributed by atoms with van der Waals surface area (Å²) in [5.74, 6) is 2.56. The summed E-state index contributed by atoms with van der Waals surface area (Å²) in [5.41, 5.74) is 2.39. The van der Waals surface area contributed by atoms with E-state index in [4.69, 9.17) is 0 Å². The van der Waals surface area contributed by atoms with Gasteiger partial charge in [0, 0.05) is 24.7 Å². The van der Waals surface area contributed by atoms with E-state index >= 15 is 0 Å². The maximum Gasteiger partial charge on any atom is 0.227 e. The number of nitrogens with zero attached hydrogens (tertiary/aromatic N) is 1. The molecule has 4 heteroatoms. The first kappa shape index (κ1) is 18.2. The Morgan fingerprint density at radius 1 is 1.07 bits per heavy atom. The molecule has 1 N–H and O–H groups in total. The van der Waals surface area contributed by atoms with Crippen LogP contribution in [0.4, 0.5) is 5.69 Å². The first-order valence-corrected chi connectivity index (χ1v) is 11.1. The molecule has 4 aliphatic carbocycles. The van der Waals surface area contributed by atoms with Crippen LogP contribution in [-0.4, -0.2) is 24.4 Å². The van der Waals surface area contributed by atoms with Crippen LogP contribution in [0.2, 0.25) is 0 Å². The van der Waals surface area contributed by atoms with Crippen molar-refractivity contribution in [1.29, 1.82) is 0 Å². The van der Waals surface area contributed by atoms with Gasteiger partial charge in [0.25, 0.3) is 0 Å². The first-order valence-electron chi connectivity index (χ1n) is 11.1. The predicted octanol–water partition coefficient (Wildman–Crippen LogP) is 4.07. The SMILES string of the molecule is Cc1ccc(N2C[C@@H](C(=O)N[C@@H](C)C34CC5CC(CC(C5)C3)C4)CC2=O)cc1. The van der Waals surface area contributed by atoms with E-state index in [1.807, 2.05) is 31.2 Å². The van der Waals surface area contributed by atoms with Crippen molar-refractivity contribution in [2.75, 3.05) is 11.4 Å². The third-order valence-corrected chi connectivity index (χ3v) is 8.20. The average Bonchev–Trinajstić information content (AvgIpc) is 3.03. The molecule has 4 nitrogen and oxygen atoms in total. The lowest BCUT2D eigenvalue weighted by Gasteiger charge is -2.59. The number of hydrogen-bond acceptors (Lipinski definition) is 2. The molecule has 4 bridgehead atoms. The fourth-order valence-corrected chi connectivity index (χ4v) is 7.05. The molecule has 1 heterocycles. The van der Waals surface area contributed by atoms with Gasteiger partial charge in [0.1, 0.15) is 0 Å². The lowest BCUT2D eigenvalue weighted by molar-refractivity contribution is -0.130. The molecule has 4 saturated carbocycles. The highest BCUT2D eigenvalue weighted by molar-refractivity contribution is 6.00. The lowest BCUT2D eigenvalue weighted by atomic mass is 9.48. The fraction of sp³-hybridized carbons (Fsp3) is 0.667. The van der Waals surface area contributed by atoms with Crippen molar-refractivity contribution in [3.05, 3.63) is 29.8 Å². The second-order valence-electron chi connectivity index (χ2n) is 10.3. The molecular formula is C24H32N2O2. The number of anilines is 1. The number of carbonyl (C=O) groups is 2. The van der Waals surface area contributed by atoms with Crippen molar-refractivity contribution in [2.45, 2.75) is 64.8 Å². The normalized spacial score (nSPS) is 37.4. The molecule has 2 atom stereocenters. The van der Waals surface area contributed by atoms with E-state index in [2.05, 4.69) is 12.2 Å². The van der Waals surface area contributed by atoms with Crippen molar-refractivity contribution < 1.29 is 9.59 Å². The molecule has 6 rings (SSSR count). The highest BCUT2D eigenvalue weighted by Gasteiger charge is 2.53. The van der Waals surface area contributed by atoms with Gasteiger partial charge in [0.2, 0.25) is 11.8 Å². The highest BCUT2D eigenvalue weighted by Crippen LogP contribution is 2.61. The van der Waals surface area contributed by atoms with Gasteiger partial charge >= 0.3 is 0 Å². The summed E-state index contributed by atoms with van der Waals surface area (Å²) in [7, 11) is 0. The van der Waals surface area contributed by atoms with E-state index in [0.717, 1.165) is 23.4 Å². The topological polar surface area (TPSA) is 49.4 Å². The molecule has 5 fully saturated rings. The van der Waals surface area contributed by atoms with Crippen LogP contribution in [0.25, 0.3) is 0 Å². The first-order chi connectivity index (χ1) is 13.4. The Labute approximate surface area is 168 Å². The minimum atomic E-state index is -0.231. The summed E-state index contributed by atoms with van der Waals surface area (Å²) in [6.45, 7) is 4.76. The molecule has 5 aliphatic rings. The minimum Gasteiger partial charge on any atom is -0.353 e. The predicted molar refractivity (Wildman–Crippen MR) is 110 cm³/mol. The van der Waals surface area contributed by atoms with Crippen molar-refractivity contribution in [3.63, 3.8) is 0 Å². The smallest absolute Gasteiger partial charge is 0.227 e. The standard InChI is InChI=1S/C24H32N2O2/c1-15-3-5-21(6-4-15)26-14-20(10-22(26)27)23(28)25-16(2)24-11-17-7-18(12-24)9-19(8-17)13-24/h3-6,16-20H,7-14H2,1-2H3,(H,25,28)/t16-,17?,18?,19?,20-,24?/m0/s1. The fourth-order valence-electron chi connectivity index (χ4n) is 7.05. The largest absolute Gasteiger partial charge is 0.353 e. The van der Waals surface area contributed by atoms with E-state index in [1.165, 1.54) is 44.1 Å². The van der Waals surface area contributed by atoms with Crippen molar-refractivity contribution in [2.24, 2.45) is 29.1 Å². The zero-order valence-corrected chi connectivity index (χ0v) is 17.1. The Bertz CT molecular complexity index is 749. The number of rotatable bonds is 4. The molecule has 0 unspecified atom stereocenters. The molecular weight excluding hydrogens is 348 g/mol. The Hall–Kier alpha value is -1.84. The van der Waals surface area contributed by atoms with Gasteiger partial charge in [0.05, 0.1) is 5.92 Å². The maximum absolute atomic E-state index is 13.0. The molecule has 1 saturated heterocycles. The van der Waals surface area contributed by atoms with Crippen molar-refractivity contribution in [3.8, 4) is 0 Å². The van der Waals surface area contributed by atoms with Crippen LogP contribution >= 0.6 is 0 Å². The quantitative estimate of drug-likeness (QED) is 0.856. The molecule has 1 aromatic carbocycles. The monoisotopic (exact) mass is 380 g/mol. The van der Waals surface area contributed by atoms with Gasteiger partial charge in [0.15, 0.2) is 0 Å². The van der Waals surface area contributed by atoms with Gasteiger partial charge in [-0.3, -0.25) is 9.59 Å². The van der Waals surface area contributed by atoms with Crippen LogP contribution in [0.1, 0.15) is 57.4 Å². The van der Waals surface area contributed by atoms with E-state index in [1.54, 1.807) is 4.90 Å². The minimum absolute atomic E-state index is 0.0615. The van der Waals surface area contributed by atoms with Crippen molar-refractivity contribution >= 4 is 17.5 Å². The summed E-state index contributed by atoms with van der Waals surface area (Å²) in [6, 6.07) is 8.21. The van der Waals surface area contributed by atoms with Crippen LogP contribution in [-0.2, 0) is 9.59 Å². The van der Waals surface area contributed by atoms with Gasteiger partial charge in [-0.1, -0.05) is 17.7 Å². The van der Waals surface area contributed by atoms with Crippen LogP contribution in [0.5, 0.6) is 0 Å². The van der Waals surface area contributed by atoms with E-state index in [9.17, 15) is 9.59 Å². The summed E-state index contributed by atoms with van der Waals surface area (Å²) < 4.78 is 0. The molecule has 1 aromatic rings. The van der Waals surface area contributed by atoms with Gasteiger partial charge in [-0.2, -0.15) is 0 Å². The summed E-state index contributed by atoms with van der Waals surface area (Å²) in [5, 5.41) is 3.36. The van der Waals surface area contributed by atoms with E-state index in [-0.39, 0.29) is 23.8 Å². The van der Waals surface area contributed by atoms with Crippen LogP contribution in [0.3, 0.4) is 0 Å². The Balaban J connectivity index is 1.25. The second-order valence-corrected chi connectivity index (χ2v) is 10.3. The second kappa shape index (κ2) is 6.60. The van der Waals surface area contributed by atoms with Gasteiger partial charge in [-0.15, -0.1) is 0 Å². The summed E-state index contributed by atoms with van der Waals surface area (Å²) in [6.07, 6.45) is 8.46. The van der Waals surface area contributed by atoms with Gasteiger partial charge < -0.3 is 10.2 Å². The van der Waals surface area contributed by atoms with Crippen LogP contribution < -0.4 is 10.2 Å². The number of amides is 2. The van der Waals surface area contributed by atoms with Gasteiger partial charge in [-0.05, 0) is 87.7 Å². The maximum atomic E-state index is 13.0. The molecule has 28 heavy (non-hydrogen) atoms. The zero-order chi connectivity index (χ0) is 19.5. The lowest BCUT2D eigenvalue weighted by Crippen LogP contribution is -2.56. The molecule has 150 valence electrons. The summed E-state index contributed by atoms with van der Waals surface area (Å²) in [4.78, 5) is 27.3. The average molecular weight is 381 g/mol. The van der Waals surface area contributed by atoms with Crippen LogP contribution in [0.15, 0.2) is 24.3 Å². The number of benzene rings is 1. The number of carbonyl (C=O) groups excluding carboxylic acids is 2. The Kier molecular flexibility index (Phi) is 4.29. The van der Waals surface area contributed by atoms with Crippen molar-refractivity contribution in [1.82, 2.24) is 5.32 Å². The number of aryl methyl sites for hydroxylation is 1. The van der Waals surface area contributed by atoms with Gasteiger partial charge in [-0.25, -0.2) is 0 Å². The molecule has 0 aromatic heterocycles. The van der Waals surface area contributed by atoms with E-state index in [0.29, 0.717) is 18.4 Å². The molecule has 0 spiro atoms. The Morgan fingerprint density at radius 2 is 1.64 bits per heavy atom. The Morgan fingerprint density at radius 3 is 2.21 bits per heavy atom. The molecule has 0 radical (unpaired) electrons. The number of nitrogens with one attached hydrogen (secondary N) is 1. The zero-order valence-electron chi connectivity index (χ0n) is 17.1. The summed E-state index contributed by atoms with van der Waals surface area (Å²) >= 11 is 0. The van der Waals surface area contributed by atoms with Crippen LogP contribution in [0, 0.1) is 36.0 Å². The highest BCUT2D eigenvalue weighted by atomic mass is 16.2. The number of hydrogen-bond donors (Lipinski definition) is 1. The third kappa shape index (κ3) is 3.05. The third-order valence-electron chi connectivity index (χ3n) is 8.20.